The van der Waals surface area contributed by atoms with E-state index < -0.39 is 0 Å². The smallest absolute Gasteiger partial charge is 0.321 e. The summed E-state index contributed by atoms with van der Waals surface area (Å²) in [5, 5.41) is 3.09. The Balaban J connectivity index is 1.14. The molecule has 2 aromatic carbocycles. The van der Waals surface area contributed by atoms with E-state index in [4.69, 9.17) is 4.74 Å². The lowest BCUT2D eigenvalue weighted by Crippen LogP contribution is -2.44. The molecule has 2 aliphatic rings. The maximum atomic E-state index is 12.5. The Hall–Kier alpha value is -2.53. The van der Waals surface area contributed by atoms with E-state index in [2.05, 4.69) is 16.3 Å². The fourth-order valence-electron chi connectivity index (χ4n) is 4.07. The number of carbonyl (C=O) groups excluding carboxylic acids is 1. The Morgan fingerprint density at radius 2 is 1.75 bits per heavy atom. The van der Waals surface area contributed by atoms with Crippen LogP contribution in [0.3, 0.4) is 0 Å². The fraction of sp³-hybridized carbons (Fsp3) is 0.435. The van der Waals surface area contributed by atoms with E-state index in [0.717, 1.165) is 63.5 Å². The number of rotatable bonds is 6. The van der Waals surface area contributed by atoms with Gasteiger partial charge in [-0.05, 0) is 62.0 Å². The van der Waals surface area contributed by atoms with Gasteiger partial charge in [-0.3, -0.25) is 4.90 Å². The van der Waals surface area contributed by atoms with Gasteiger partial charge in [0.05, 0.1) is 6.61 Å². The molecule has 2 amide bonds. The van der Waals surface area contributed by atoms with E-state index in [0.29, 0.717) is 12.5 Å². The third kappa shape index (κ3) is 4.65. The first kappa shape index (κ1) is 18.8. The van der Waals surface area contributed by atoms with Gasteiger partial charge >= 0.3 is 6.03 Å². The first-order valence-electron chi connectivity index (χ1n) is 10.3. The summed E-state index contributed by atoms with van der Waals surface area (Å²) in [4.78, 5) is 16.8. The van der Waals surface area contributed by atoms with Gasteiger partial charge in [0, 0.05) is 25.3 Å². The predicted octanol–water partition coefficient (Wildman–Crippen LogP) is 3.55. The molecular weight excluding hydrogens is 350 g/mol. The molecule has 5 nitrogen and oxygen atoms in total. The second-order valence-electron chi connectivity index (χ2n) is 7.67. The first-order valence-corrected chi connectivity index (χ1v) is 10.3. The van der Waals surface area contributed by atoms with Gasteiger partial charge in [-0.2, -0.15) is 0 Å². The molecule has 0 radical (unpaired) electrons. The molecule has 0 atom stereocenters. The number of para-hydroxylation sites is 2. The van der Waals surface area contributed by atoms with E-state index in [1.54, 1.807) is 0 Å². The number of anilines is 1. The highest BCUT2D eigenvalue weighted by Crippen LogP contribution is 2.27. The van der Waals surface area contributed by atoms with Crippen molar-refractivity contribution in [3.05, 3.63) is 60.2 Å². The number of nitrogens with one attached hydrogen (secondary N) is 1. The Bertz CT molecular complexity index is 772. The average molecular weight is 380 g/mol. The number of urea groups is 1. The van der Waals surface area contributed by atoms with Crippen molar-refractivity contribution in [2.45, 2.75) is 19.3 Å². The molecule has 4 rings (SSSR count). The molecule has 0 aromatic heterocycles. The quantitative estimate of drug-likeness (QED) is 0.835. The van der Waals surface area contributed by atoms with Crippen molar-refractivity contribution in [1.82, 2.24) is 10.2 Å². The zero-order valence-corrected chi connectivity index (χ0v) is 16.3. The Labute approximate surface area is 167 Å². The molecule has 2 aliphatic heterocycles. The zero-order valence-electron chi connectivity index (χ0n) is 16.3. The van der Waals surface area contributed by atoms with E-state index in [1.165, 1.54) is 5.56 Å². The Morgan fingerprint density at radius 3 is 2.57 bits per heavy atom. The lowest BCUT2D eigenvalue weighted by atomic mass is 9.98. The number of nitrogens with zero attached hydrogens (tertiary/aromatic N) is 2. The SMILES string of the molecule is O=C(NCCN1CCC(COc2ccccc2)CC1)N1CCc2ccccc21. The number of hydrogen-bond donors (Lipinski definition) is 1. The number of fused-ring (bicyclic) bond motifs is 1. The zero-order chi connectivity index (χ0) is 19.2. The molecule has 1 fully saturated rings. The lowest BCUT2D eigenvalue weighted by molar-refractivity contribution is 0.142. The summed E-state index contributed by atoms with van der Waals surface area (Å²) in [6, 6.07) is 18.2. The fourth-order valence-corrected chi connectivity index (χ4v) is 4.07. The van der Waals surface area contributed by atoms with Crippen LogP contribution >= 0.6 is 0 Å². The normalized spacial score (nSPS) is 17.4. The standard InChI is InChI=1S/C23H29N3O2/c27-23(26-16-12-20-6-4-5-9-22(20)26)24-13-17-25-14-10-19(11-15-25)18-28-21-7-2-1-3-8-21/h1-9,19H,10-18H2,(H,24,27). The Kier molecular flexibility index (Phi) is 6.12. The van der Waals surface area contributed by atoms with Gasteiger partial charge in [0.2, 0.25) is 0 Å². The molecule has 1 saturated heterocycles. The van der Waals surface area contributed by atoms with Crippen LogP contribution in [0.15, 0.2) is 54.6 Å². The van der Waals surface area contributed by atoms with Gasteiger partial charge in [-0.1, -0.05) is 36.4 Å². The van der Waals surface area contributed by atoms with Crippen LogP contribution < -0.4 is 15.0 Å². The summed E-state index contributed by atoms with van der Waals surface area (Å²) in [5.41, 5.74) is 2.32. The number of likely N-dealkylation sites (tertiary alicyclic amines) is 1. The van der Waals surface area contributed by atoms with Crippen LogP contribution in [0.2, 0.25) is 0 Å². The summed E-state index contributed by atoms with van der Waals surface area (Å²) in [7, 11) is 0. The molecule has 0 spiro atoms. The molecule has 0 saturated carbocycles. The number of carbonyl (C=O) groups is 1. The predicted molar refractivity (Wildman–Crippen MR) is 112 cm³/mol. The minimum atomic E-state index is 0.0242. The third-order valence-electron chi connectivity index (χ3n) is 5.77. The van der Waals surface area contributed by atoms with E-state index >= 15 is 0 Å². The van der Waals surface area contributed by atoms with Gasteiger partial charge < -0.3 is 15.0 Å². The minimum Gasteiger partial charge on any atom is -0.493 e. The van der Waals surface area contributed by atoms with Gasteiger partial charge in [0.25, 0.3) is 0 Å². The summed E-state index contributed by atoms with van der Waals surface area (Å²) in [6.45, 7) is 5.33. The number of ether oxygens (including phenoxy) is 1. The van der Waals surface area contributed by atoms with Crippen LogP contribution in [-0.4, -0.2) is 50.3 Å². The average Bonchev–Trinajstić information content (AvgIpc) is 3.18. The van der Waals surface area contributed by atoms with Crippen LogP contribution in [0.5, 0.6) is 5.75 Å². The van der Waals surface area contributed by atoms with Crippen LogP contribution in [0.4, 0.5) is 10.5 Å². The summed E-state index contributed by atoms with van der Waals surface area (Å²) >= 11 is 0. The highest BCUT2D eigenvalue weighted by atomic mass is 16.5. The number of benzene rings is 2. The molecule has 0 unspecified atom stereocenters. The van der Waals surface area contributed by atoms with Crippen molar-refractivity contribution in [1.29, 1.82) is 0 Å². The van der Waals surface area contributed by atoms with Gasteiger partial charge in [0.1, 0.15) is 5.75 Å². The second-order valence-corrected chi connectivity index (χ2v) is 7.67. The lowest BCUT2D eigenvalue weighted by Gasteiger charge is -2.32. The monoisotopic (exact) mass is 379 g/mol. The van der Waals surface area contributed by atoms with E-state index in [1.807, 2.05) is 53.4 Å². The second kappa shape index (κ2) is 9.11. The maximum absolute atomic E-state index is 12.5. The van der Waals surface area contributed by atoms with Crippen molar-refractivity contribution in [3.8, 4) is 5.75 Å². The van der Waals surface area contributed by atoms with Crippen LogP contribution in [0.1, 0.15) is 18.4 Å². The molecular formula is C23H29N3O2. The van der Waals surface area contributed by atoms with Crippen molar-refractivity contribution in [2.75, 3.05) is 44.2 Å². The maximum Gasteiger partial charge on any atom is 0.321 e. The van der Waals surface area contributed by atoms with Crippen molar-refractivity contribution in [2.24, 2.45) is 5.92 Å². The van der Waals surface area contributed by atoms with E-state index in [9.17, 15) is 4.79 Å². The van der Waals surface area contributed by atoms with Crippen molar-refractivity contribution < 1.29 is 9.53 Å². The summed E-state index contributed by atoms with van der Waals surface area (Å²) in [6.07, 6.45) is 3.25. The molecule has 28 heavy (non-hydrogen) atoms. The number of hydrogen-bond acceptors (Lipinski definition) is 3. The molecule has 0 aliphatic carbocycles. The topological polar surface area (TPSA) is 44.8 Å². The highest BCUT2D eigenvalue weighted by Gasteiger charge is 2.24. The first-order chi connectivity index (χ1) is 13.8. The van der Waals surface area contributed by atoms with Crippen LogP contribution in [-0.2, 0) is 6.42 Å². The highest BCUT2D eigenvalue weighted by molar-refractivity contribution is 5.94. The molecule has 5 heteroatoms. The summed E-state index contributed by atoms with van der Waals surface area (Å²) < 4.78 is 5.90. The van der Waals surface area contributed by atoms with Gasteiger partial charge in [0.15, 0.2) is 0 Å². The molecule has 2 aromatic rings. The van der Waals surface area contributed by atoms with Crippen LogP contribution in [0, 0.1) is 5.92 Å². The van der Waals surface area contributed by atoms with Gasteiger partial charge in [-0.25, -0.2) is 4.79 Å². The molecule has 2 heterocycles. The number of amides is 2. The van der Waals surface area contributed by atoms with Crippen molar-refractivity contribution >= 4 is 11.7 Å². The molecule has 1 N–H and O–H groups in total. The Morgan fingerprint density at radius 1 is 1.00 bits per heavy atom. The summed E-state index contributed by atoms with van der Waals surface area (Å²) in [5.74, 6) is 1.57. The molecule has 148 valence electrons. The minimum absolute atomic E-state index is 0.0242. The molecule has 0 bridgehead atoms. The van der Waals surface area contributed by atoms with Gasteiger partial charge in [-0.15, -0.1) is 0 Å². The van der Waals surface area contributed by atoms with E-state index in [-0.39, 0.29) is 6.03 Å². The van der Waals surface area contributed by atoms with Crippen LogP contribution in [0.25, 0.3) is 0 Å². The largest absolute Gasteiger partial charge is 0.493 e. The number of piperidine rings is 1. The van der Waals surface area contributed by atoms with Crippen molar-refractivity contribution in [3.63, 3.8) is 0 Å². The third-order valence-corrected chi connectivity index (χ3v) is 5.77.